The molecule has 0 radical (unpaired) electrons. The van der Waals surface area contributed by atoms with Crippen molar-refractivity contribution in [1.29, 1.82) is 0 Å². The quantitative estimate of drug-likeness (QED) is 0.705. The maximum atomic E-state index is 10.0. The number of methoxy groups -OCH3 is 1. The fourth-order valence-electron chi connectivity index (χ4n) is 2.80. The standard InChI is InChI=1S/C18H30N2O3/c1-3-4-13-23-15-17(21)14-19-9-11-20(12-10-19)16-5-7-18(22-2)8-6-16/h5-8,17,21H,3-4,9-15H2,1-2H3/t17-/m1/s1. The van der Waals surface area contributed by atoms with E-state index in [0.29, 0.717) is 13.2 Å². The van der Waals surface area contributed by atoms with Gasteiger partial charge in [-0.1, -0.05) is 13.3 Å². The van der Waals surface area contributed by atoms with E-state index in [2.05, 4.69) is 28.9 Å². The lowest BCUT2D eigenvalue weighted by Crippen LogP contribution is -2.49. The van der Waals surface area contributed by atoms with Gasteiger partial charge in [0.05, 0.1) is 19.8 Å². The number of unbranched alkanes of at least 4 members (excludes halogenated alkanes) is 1. The molecule has 0 saturated carbocycles. The smallest absolute Gasteiger partial charge is 0.119 e. The maximum Gasteiger partial charge on any atom is 0.119 e. The second-order valence-electron chi connectivity index (χ2n) is 6.07. The largest absolute Gasteiger partial charge is 0.497 e. The van der Waals surface area contributed by atoms with Gasteiger partial charge in [-0.15, -0.1) is 0 Å². The molecule has 1 aliphatic rings. The first-order valence-electron chi connectivity index (χ1n) is 8.60. The number of hydrogen-bond acceptors (Lipinski definition) is 5. The third kappa shape index (κ3) is 6.01. The Morgan fingerprint density at radius 1 is 1.13 bits per heavy atom. The van der Waals surface area contributed by atoms with E-state index in [1.807, 2.05) is 12.1 Å². The highest BCUT2D eigenvalue weighted by Crippen LogP contribution is 2.20. The molecule has 1 saturated heterocycles. The van der Waals surface area contributed by atoms with Crippen LogP contribution in [0.3, 0.4) is 0 Å². The Morgan fingerprint density at radius 2 is 1.83 bits per heavy atom. The van der Waals surface area contributed by atoms with Gasteiger partial charge in [-0.05, 0) is 30.7 Å². The van der Waals surface area contributed by atoms with E-state index < -0.39 is 0 Å². The lowest BCUT2D eigenvalue weighted by molar-refractivity contribution is 0.0150. The topological polar surface area (TPSA) is 45.2 Å². The van der Waals surface area contributed by atoms with Gasteiger partial charge in [0.25, 0.3) is 0 Å². The lowest BCUT2D eigenvalue weighted by Gasteiger charge is -2.36. The molecule has 1 heterocycles. The van der Waals surface area contributed by atoms with Crippen LogP contribution in [0, 0.1) is 0 Å². The molecular formula is C18H30N2O3. The lowest BCUT2D eigenvalue weighted by atomic mass is 10.2. The number of hydrogen-bond donors (Lipinski definition) is 1. The van der Waals surface area contributed by atoms with Crippen LogP contribution in [0.25, 0.3) is 0 Å². The van der Waals surface area contributed by atoms with Crippen LogP contribution in [0.5, 0.6) is 5.75 Å². The number of ether oxygens (including phenoxy) is 2. The molecule has 1 N–H and O–H groups in total. The number of nitrogens with zero attached hydrogens (tertiary/aromatic N) is 2. The van der Waals surface area contributed by atoms with Crippen molar-refractivity contribution < 1.29 is 14.6 Å². The highest BCUT2D eigenvalue weighted by molar-refractivity contribution is 5.49. The fraction of sp³-hybridized carbons (Fsp3) is 0.667. The minimum atomic E-state index is -0.389. The summed E-state index contributed by atoms with van der Waals surface area (Å²) in [7, 11) is 1.69. The second-order valence-corrected chi connectivity index (χ2v) is 6.07. The van der Waals surface area contributed by atoms with E-state index in [9.17, 15) is 5.11 Å². The summed E-state index contributed by atoms with van der Waals surface area (Å²) in [4.78, 5) is 4.69. The predicted octanol–water partition coefficient (Wildman–Crippen LogP) is 1.99. The van der Waals surface area contributed by atoms with E-state index >= 15 is 0 Å². The van der Waals surface area contributed by atoms with Gasteiger partial charge in [0.15, 0.2) is 0 Å². The number of aliphatic hydroxyl groups is 1. The molecule has 130 valence electrons. The van der Waals surface area contributed by atoms with Crippen LogP contribution >= 0.6 is 0 Å². The molecule has 1 aromatic rings. The summed E-state index contributed by atoms with van der Waals surface area (Å²) < 4.78 is 10.7. The molecule has 5 nitrogen and oxygen atoms in total. The van der Waals surface area contributed by atoms with Gasteiger partial charge in [-0.25, -0.2) is 0 Å². The van der Waals surface area contributed by atoms with Gasteiger partial charge < -0.3 is 19.5 Å². The van der Waals surface area contributed by atoms with Gasteiger partial charge >= 0.3 is 0 Å². The summed E-state index contributed by atoms with van der Waals surface area (Å²) in [6.45, 7) is 7.93. The van der Waals surface area contributed by atoms with Gasteiger partial charge in [0, 0.05) is 45.0 Å². The SMILES string of the molecule is CCCCOC[C@H](O)CN1CCN(c2ccc(OC)cc2)CC1. The summed E-state index contributed by atoms with van der Waals surface area (Å²) in [5.74, 6) is 0.888. The fourth-order valence-corrected chi connectivity index (χ4v) is 2.80. The zero-order valence-electron chi connectivity index (χ0n) is 14.4. The van der Waals surface area contributed by atoms with Crippen LogP contribution in [-0.4, -0.2) is 69.2 Å². The van der Waals surface area contributed by atoms with Crippen molar-refractivity contribution in [2.75, 3.05) is 57.9 Å². The van der Waals surface area contributed by atoms with Crippen molar-refractivity contribution in [3.8, 4) is 5.75 Å². The number of piperazine rings is 1. The molecule has 1 fully saturated rings. The van der Waals surface area contributed by atoms with E-state index in [1.165, 1.54) is 5.69 Å². The summed E-state index contributed by atoms with van der Waals surface area (Å²) in [5, 5.41) is 10.0. The second kappa shape index (κ2) is 9.75. The molecule has 0 unspecified atom stereocenters. The third-order valence-corrected chi connectivity index (χ3v) is 4.23. The van der Waals surface area contributed by atoms with Crippen molar-refractivity contribution in [2.24, 2.45) is 0 Å². The van der Waals surface area contributed by atoms with E-state index in [4.69, 9.17) is 9.47 Å². The first-order valence-corrected chi connectivity index (χ1v) is 8.60. The summed E-state index contributed by atoms with van der Waals surface area (Å²) in [5.41, 5.74) is 1.23. The molecule has 2 rings (SSSR count). The van der Waals surface area contributed by atoms with E-state index in [-0.39, 0.29) is 6.10 Å². The summed E-state index contributed by atoms with van der Waals surface area (Å²) in [6, 6.07) is 8.20. The number of rotatable bonds is 9. The highest BCUT2D eigenvalue weighted by atomic mass is 16.5. The highest BCUT2D eigenvalue weighted by Gasteiger charge is 2.19. The van der Waals surface area contributed by atoms with Crippen LogP contribution in [0.4, 0.5) is 5.69 Å². The van der Waals surface area contributed by atoms with Crippen molar-refractivity contribution in [2.45, 2.75) is 25.9 Å². The monoisotopic (exact) mass is 322 g/mol. The van der Waals surface area contributed by atoms with Crippen LogP contribution in [0.1, 0.15) is 19.8 Å². The number of β-amino-alcohol motifs (C(OH)–C–C–N with tert-alkyl or cyclic N) is 1. The number of benzene rings is 1. The van der Waals surface area contributed by atoms with Crippen LogP contribution < -0.4 is 9.64 Å². The molecule has 0 aliphatic carbocycles. The van der Waals surface area contributed by atoms with E-state index in [1.54, 1.807) is 7.11 Å². The van der Waals surface area contributed by atoms with Crippen molar-refractivity contribution in [1.82, 2.24) is 4.90 Å². The first kappa shape index (κ1) is 18.0. The molecule has 0 amide bonds. The molecule has 5 heteroatoms. The molecule has 1 aromatic carbocycles. The Bertz CT molecular complexity index is 430. The predicted molar refractivity (Wildman–Crippen MR) is 93.4 cm³/mol. The van der Waals surface area contributed by atoms with Gasteiger partial charge in [0.1, 0.15) is 5.75 Å². The van der Waals surface area contributed by atoms with E-state index in [0.717, 1.165) is 51.4 Å². The molecule has 23 heavy (non-hydrogen) atoms. The van der Waals surface area contributed by atoms with Gasteiger partial charge in [0.2, 0.25) is 0 Å². The maximum absolute atomic E-state index is 10.0. The molecule has 1 aliphatic heterocycles. The first-order chi connectivity index (χ1) is 11.2. The zero-order valence-corrected chi connectivity index (χ0v) is 14.4. The molecule has 0 bridgehead atoms. The minimum Gasteiger partial charge on any atom is -0.497 e. The molecular weight excluding hydrogens is 292 g/mol. The Kier molecular flexibility index (Phi) is 7.65. The average Bonchev–Trinajstić information content (AvgIpc) is 2.59. The van der Waals surface area contributed by atoms with Crippen molar-refractivity contribution in [3.63, 3.8) is 0 Å². The van der Waals surface area contributed by atoms with Crippen LogP contribution in [-0.2, 0) is 4.74 Å². The number of anilines is 1. The summed E-state index contributed by atoms with van der Waals surface area (Å²) >= 11 is 0. The van der Waals surface area contributed by atoms with Crippen LogP contribution in [0.2, 0.25) is 0 Å². The molecule has 1 atom stereocenters. The molecule has 0 spiro atoms. The number of aliphatic hydroxyl groups excluding tert-OH is 1. The minimum absolute atomic E-state index is 0.389. The Hall–Kier alpha value is -1.30. The Balaban J connectivity index is 1.68. The Morgan fingerprint density at radius 3 is 2.43 bits per heavy atom. The van der Waals surface area contributed by atoms with Crippen LogP contribution in [0.15, 0.2) is 24.3 Å². The van der Waals surface area contributed by atoms with Gasteiger partial charge in [-0.2, -0.15) is 0 Å². The molecule has 0 aromatic heterocycles. The summed E-state index contributed by atoms with van der Waals surface area (Å²) in [6.07, 6.45) is 1.80. The van der Waals surface area contributed by atoms with Crippen molar-refractivity contribution in [3.05, 3.63) is 24.3 Å². The Labute approximate surface area is 139 Å². The average molecular weight is 322 g/mol. The van der Waals surface area contributed by atoms with Gasteiger partial charge in [-0.3, -0.25) is 4.90 Å². The normalized spacial score (nSPS) is 17.3. The van der Waals surface area contributed by atoms with Crippen molar-refractivity contribution >= 4 is 5.69 Å². The zero-order chi connectivity index (χ0) is 16.5. The third-order valence-electron chi connectivity index (χ3n) is 4.23.